The summed E-state index contributed by atoms with van der Waals surface area (Å²) in [4.78, 5) is 11.9. The molecule has 0 aromatic heterocycles. The second-order valence-electron chi connectivity index (χ2n) is 6.20. The van der Waals surface area contributed by atoms with Gasteiger partial charge in [0.1, 0.15) is 0 Å². The fraction of sp³-hybridized carbons (Fsp3) is 0.938. The summed E-state index contributed by atoms with van der Waals surface area (Å²) >= 11 is 0. The molecule has 2 fully saturated rings. The molecule has 2 rings (SSSR count). The Hall–Kier alpha value is -0.810. The van der Waals surface area contributed by atoms with Crippen molar-refractivity contribution >= 4 is 6.03 Å². The lowest BCUT2D eigenvalue weighted by Crippen LogP contribution is -2.49. The minimum absolute atomic E-state index is 0.0616. The molecule has 122 valence electrons. The van der Waals surface area contributed by atoms with Crippen molar-refractivity contribution in [3.63, 3.8) is 0 Å². The highest BCUT2D eigenvalue weighted by Gasteiger charge is 2.26. The number of ether oxygens (including phenoxy) is 2. The number of nitrogens with one attached hydrogen (secondary N) is 2. The zero-order chi connectivity index (χ0) is 14.9. The second kappa shape index (κ2) is 9.26. The number of hydrogen-bond acceptors (Lipinski definition) is 3. The minimum Gasteiger partial charge on any atom is -0.379 e. The van der Waals surface area contributed by atoms with Gasteiger partial charge in [-0.1, -0.05) is 12.8 Å². The predicted molar refractivity (Wildman–Crippen MR) is 82.4 cm³/mol. The third-order valence-corrected chi connectivity index (χ3v) is 4.58. The van der Waals surface area contributed by atoms with E-state index in [4.69, 9.17) is 9.47 Å². The van der Waals surface area contributed by atoms with Gasteiger partial charge in [-0.05, 0) is 44.9 Å². The van der Waals surface area contributed by atoms with E-state index in [-0.39, 0.29) is 18.2 Å². The van der Waals surface area contributed by atoms with Crippen LogP contribution in [0.1, 0.15) is 57.8 Å². The van der Waals surface area contributed by atoms with Gasteiger partial charge in [-0.15, -0.1) is 0 Å². The van der Waals surface area contributed by atoms with Crippen LogP contribution in [-0.4, -0.2) is 44.5 Å². The Morgan fingerprint density at radius 1 is 1.19 bits per heavy atom. The van der Waals surface area contributed by atoms with Crippen LogP contribution in [0.4, 0.5) is 4.79 Å². The molecule has 21 heavy (non-hydrogen) atoms. The van der Waals surface area contributed by atoms with Crippen molar-refractivity contribution in [3.05, 3.63) is 0 Å². The minimum atomic E-state index is -0.0616. The lowest BCUT2D eigenvalue weighted by Gasteiger charge is -2.31. The van der Waals surface area contributed by atoms with Gasteiger partial charge < -0.3 is 20.1 Å². The van der Waals surface area contributed by atoms with Gasteiger partial charge in [0.25, 0.3) is 0 Å². The van der Waals surface area contributed by atoms with Crippen LogP contribution in [0.5, 0.6) is 0 Å². The Balaban J connectivity index is 1.56. The first-order valence-electron chi connectivity index (χ1n) is 8.48. The summed E-state index contributed by atoms with van der Waals surface area (Å²) in [6.07, 6.45) is 10.7. The van der Waals surface area contributed by atoms with Gasteiger partial charge >= 0.3 is 6.03 Å². The Morgan fingerprint density at radius 2 is 2.00 bits per heavy atom. The van der Waals surface area contributed by atoms with Crippen LogP contribution in [0.15, 0.2) is 0 Å². The smallest absolute Gasteiger partial charge is 0.315 e. The summed E-state index contributed by atoms with van der Waals surface area (Å²) in [5.41, 5.74) is 0. The molecule has 0 radical (unpaired) electrons. The average molecular weight is 298 g/mol. The maximum absolute atomic E-state index is 11.9. The first-order valence-corrected chi connectivity index (χ1v) is 8.48. The zero-order valence-corrected chi connectivity index (χ0v) is 13.2. The molecule has 0 aromatic rings. The van der Waals surface area contributed by atoms with E-state index in [9.17, 15) is 4.79 Å². The van der Waals surface area contributed by atoms with E-state index in [0.29, 0.717) is 6.10 Å². The summed E-state index contributed by atoms with van der Waals surface area (Å²) in [6.45, 7) is 1.62. The van der Waals surface area contributed by atoms with Crippen LogP contribution in [-0.2, 0) is 9.47 Å². The van der Waals surface area contributed by atoms with Gasteiger partial charge in [0, 0.05) is 20.3 Å². The number of carbonyl (C=O) groups is 1. The standard InChI is InChI=1S/C16H30N2O3/c1-20-15-10-3-2-9-14(15)18-16(19)17-11-6-8-13-7-4-5-12-21-13/h13-15H,2-12H2,1H3,(H2,17,18,19)/t13-,14-,15+/m0/s1. The molecule has 0 aromatic carbocycles. The molecule has 0 spiro atoms. The molecule has 0 bridgehead atoms. The predicted octanol–water partition coefficient (Wildman–Crippen LogP) is 2.59. The fourth-order valence-electron chi connectivity index (χ4n) is 3.33. The van der Waals surface area contributed by atoms with Crippen LogP contribution in [0.3, 0.4) is 0 Å². The van der Waals surface area contributed by atoms with E-state index in [0.717, 1.165) is 38.8 Å². The van der Waals surface area contributed by atoms with Gasteiger partial charge in [0.2, 0.25) is 0 Å². The molecule has 1 aliphatic heterocycles. The van der Waals surface area contributed by atoms with Crippen molar-refractivity contribution in [2.75, 3.05) is 20.3 Å². The summed E-state index contributed by atoms with van der Waals surface area (Å²) in [6, 6.07) is 0.0962. The molecule has 1 saturated carbocycles. The molecule has 1 aliphatic carbocycles. The van der Waals surface area contributed by atoms with Crippen LogP contribution in [0, 0.1) is 0 Å². The largest absolute Gasteiger partial charge is 0.379 e. The van der Waals surface area contributed by atoms with Crippen molar-refractivity contribution in [2.45, 2.75) is 76.0 Å². The normalized spacial score (nSPS) is 29.9. The van der Waals surface area contributed by atoms with E-state index in [1.165, 1.54) is 32.1 Å². The summed E-state index contributed by atoms with van der Waals surface area (Å²) in [5, 5.41) is 6.01. The van der Waals surface area contributed by atoms with Crippen LogP contribution < -0.4 is 10.6 Å². The molecular formula is C16H30N2O3. The molecule has 3 atom stereocenters. The number of amides is 2. The van der Waals surface area contributed by atoms with Gasteiger partial charge in [0.05, 0.1) is 18.2 Å². The molecule has 5 nitrogen and oxygen atoms in total. The summed E-state index contributed by atoms with van der Waals surface area (Å²) in [7, 11) is 1.73. The van der Waals surface area contributed by atoms with Gasteiger partial charge in [-0.2, -0.15) is 0 Å². The fourth-order valence-corrected chi connectivity index (χ4v) is 3.33. The highest BCUT2D eigenvalue weighted by molar-refractivity contribution is 5.74. The Bertz CT molecular complexity index is 306. The van der Waals surface area contributed by atoms with E-state index < -0.39 is 0 Å². The number of rotatable bonds is 6. The number of urea groups is 1. The van der Waals surface area contributed by atoms with Crippen molar-refractivity contribution in [3.8, 4) is 0 Å². The molecule has 2 aliphatic rings. The first kappa shape index (κ1) is 16.6. The van der Waals surface area contributed by atoms with Gasteiger partial charge in [-0.3, -0.25) is 0 Å². The molecule has 2 amide bonds. The molecular weight excluding hydrogens is 268 g/mol. The SMILES string of the molecule is CO[C@@H]1CCCC[C@@H]1NC(=O)NCCC[C@@H]1CCCCO1. The van der Waals surface area contributed by atoms with Crippen molar-refractivity contribution in [1.29, 1.82) is 0 Å². The second-order valence-corrected chi connectivity index (χ2v) is 6.20. The molecule has 0 unspecified atom stereocenters. The highest BCUT2D eigenvalue weighted by atomic mass is 16.5. The maximum atomic E-state index is 11.9. The molecule has 5 heteroatoms. The Labute approximate surface area is 128 Å². The average Bonchev–Trinajstić information content (AvgIpc) is 2.53. The molecule has 1 saturated heterocycles. The van der Waals surface area contributed by atoms with Crippen molar-refractivity contribution < 1.29 is 14.3 Å². The monoisotopic (exact) mass is 298 g/mol. The highest BCUT2D eigenvalue weighted by Crippen LogP contribution is 2.20. The van der Waals surface area contributed by atoms with E-state index in [1.807, 2.05) is 0 Å². The molecule has 2 N–H and O–H groups in total. The van der Waals surface area contributed by atoms with Crippen molar-refractivity contribution in [1.82, 2.24) is 10.6 Å². The number of methoxy groups -OCH3 is 1. The quantitative estimate of drug-likeness (QED) is 0.741. The summed E-state index contributed by atoms with van der Waals surface area (Å²) in [5.74, 6) is 0. The van der Waals surface area contributed by atoms with E-state index in [1.54, 1.807) is 7.11 Å². The van der Waals surface area contributed by atoms with E-state index in [2.05, 4.69) is 10.6 Å². The van der Waals surface area contributed by atoms with Crippen molar-refractivity contribution in [2.24, 2.45) is 0 Å². The first-order chi connectivity index (χ1) is 10.3. The number of hydrogen-bond donors (Lipinski definition) is 2. The Kier molecular flexibility index (Phi) is 7.30. The third kappa shape index (κ3) is 5.83. The van der Waals surface area contributed by atoms with Crippen LogP contribution >= 0.6 is 0 Å². The third-order valence-electron chi connectivity index (χ3n) is 4.58. The maximum Gasteiger partial charge on any atom is 0.315 e. The number of carbonyl (C=O) groups excluding carboxylic acids is 1. The zero-order valence-electron chi connectivity index (χ0n) is 13.2. The Morgan fingerprint density at radius 3 is 2.76 bits per heavy atom. The van der Waals surface area contributed by atoms with Gasteiger partial charge in [0.15, 0.2) is 0 Å². The molecule has 1 heterocycles. The lowest BCUT2D eigenvalue weighted by molar-refractivity contribution is 0.0103. The summed E-state index contributed by atoms with van der Waals surface area (Å²) < 4.78 is 11.1. The topological polar surface area (TPSA) is 59.6 Å². The van der Waals surface area contributed by atoms with Gasteiger partial charge in [-0.25, -0.2) is 4.79 Å². The van der Waals surface area contributed by atoms with Crippen LogP contribution in [0.2, 0.25) is 0 Å². The van der Waals surface area contributed by atoms with E-state index >= 15 is 0 Å². The van der Waals surface area contributed by atoms with Crippen LogP contribution in [0.25, 0.3) is 0 Å². The lowest BCUT2D eigenvalue weighted by atomic mass is 9.92.